The summed E-state index contributed by atoms with van der Waals surface area (Å²) in [6.07, 6.45) is 4.48. The van der Waals surface area contributed by atoms with Gasteiger partial charge in [0.15, 0.2) is 0 Å². The highest BCUT2D eigenvalue weighted by molar-refractivity contribution is 5.70. The van der Waals surface area contributed by atoms with Gasteiger partial charge in [-0.3, -0.25) is 10.1 Å². The fourth-order valence-corrected chi connectivity index (χ4v) is 2.58. The maximum Gasteiger partial charge on any atom is 0.353 e. The third-order valence-corrected chi connectivity index (χ3v) is 3.45. The van der Waals surface area contributed by atoms with Crippen LogP contribution in [0.25, 0.3) is 0 Å². The molecule has 1 aromatic rings. The second kappa shape index (κ2) is 5.81. The van der Waals surface area contributed by atoms with Crippen molar-refractivity contribution in [1.29, 1.82) is 0 Å². The highest BCUT2D eigenvalue weighted by atomic mass is 16.6. The Balaban J connectivity index is 2.44. The molecule has 7 heteroatoms. The van der Waals surface area contributed by atoms with Gasteiger partial charge in [0.1, 0.15) is 6.33 Å². The van der Waals surface area contributed by atoms with Crippen LogP contribution in [-0.4, -0.2) is 34.0 Å². The minimum atomic E-state index is -0.391. The molecule has 1 unspecified atom stereocenters. The largest absolute Gasteiger partial charge is 0.364 e. The number of hydrogen-bond donors (Lipinski definition) is 1. The quantitative estimate of drug-likeness (QED) is 0.649. The number of nitrogens with zero attached hydrogens (tertiary/aromatic N) is 4. The average Bonchev–Trinajstić information content (AvgIpc) is 2.86. The smallest absolute Gasteiger partial charge is 0.353 e. The first-order chi connectivity index (χ1) is 9.19. The first-order valence-corrected chi connectivity index (χ1v) is 6.68. The molecule has 0 aliphatic carbocycles. The van der Waals surface area contributed by atoms with Gasteiger partial charge in [0, 0.05) is 19.1 Å². The Labute approximate surface area is 112 Å². The second-order valence-corrected chi connectivity index (χ2v) is 4.58. The minimum Gasteiger partial charge on any atom is -0.364 e. The molecule has 7 nitrogen and oxygen atoms in total. The Kier molecular flexibility index (Phi) is 4.13. The van der Waals surface area contributed by atoms with Crippen LogP contribution in [0.2, 0.25) is 0 Å². The van der Waals surface area contributed by atoms with Crippen LogP contribution in [0.5, 0.6) is 0 Å². The van der Waals surface area contributed by atoms with E-state index < -0.39 is 4.92 Å². The van der Waals surface area contributed by atoms with E-state index >= 15 is 0 Å². The van der Waals surface area contributed by atoms with Gasteiger partial charge in [-0.05, 0) is 26.2 Å². The number of nitro groups is 1. The van der Waals surface area contributed by atoms with Crippen LogP contribution >= 0.6 is 0 Å². The summed E-state index contributed by atoms with van der Waals surface area (Å²) in [6.45, 7) is 5.40. The first kappa shape index (κ1) is 13.5. The highest BCUT2D eigenvalue weighted by Gasteiger charge is 2.32. The standard InChI is InChI=1S/C12H19N5O2/c1-3-9-6-5-7-16(9)12-10(17(18)19)11(13-4-2)14-8-15-12/h8-9H,3-7H2,1-2H3,(H,13,14,15). The molecule has 0 bridgehead atoms. The molecule has 1 N–H and O–H groups in total. The monoisotopic (exact) mass is 265 g/mol. The van der Waals surface area contributed by atoms with Crippen molar-refractivity contribution in [2.45, 2.75) is 39.2 Å². The Morgan fingerprint density at radius 2 is 2.32 bits per heavy atom. The van der Waals surface area contributed by atoms with Crippen LogP contribution < -0.4 is 10.2 Å². The zero-order chi connectivity index (χ0) is 13.8. The van der Waals surface area contributed by atoms with Gasteiger partial charge < -0.3 is 10.2 Å². The van der Waals surface area contributed by atoms with Gasteiger partial charge in [-0.2, -0.15) is 0 Å². The molecule has 104 valence electrons. The predicted octanol–water partition coefficient (Wildman–Crippen LogP) is 2.20. The molecule has 19 heavy (non-hydrogen) atoms. The van der Waals surface area contributed by atoms with E-state index in [0.717, 1.165) is 25.8 Å². The molecule has 1 aromatic heterocycles. The zero-order valence-electron chi connectivity index (χ0n) is 11.3. The minimum absolute atomic E-state index is 0.00954. The van der Waals surface area contributed by atoms with Crippen LogP contribution in [0.4, 0.5) is 17.3 Å². The fraction of sp³-hybridized carbons (Fsp3) is 0.667. The summed E-state index contributed by atoms with van der Waals surface area (Å²) in [5.41, 5.74) is -0.00954. The van der Waals surface area contributed by atoms with Crippen molar-refractivity contribution < 1.29 is 4.92 Å². The van der Waals surface area contributed by atoms with E-state index in [4.69, 9.17) is 0 Å². The topological polar surface area (TPSA) is 84.2 Å². The fourth-order valence-electron chi connectivity index (χ4n) is 2.58. The number of aromatic nitrogens is 2. The predicted molar refractivity (Wildman–Crippen MR) is 73.5 cm³/mol. The molecule has 1 aliphatic heterocycles. The van der Waals surface area contributed by atoms with Crippen molar-refractivity contribution in [3.63, 3.8) is 0 Å². The molecule has 2 heterocycles. The van der Waals surface area contributed by atoms with E-state index in [-0.39, 0.29) is 5.69 Å². The summed E-state index contributed by atoms with van der Waals surface area (Å²) in [7, 11) is 0. The summed E-state index contributed by atoms with van der Waals surface area (Å²) in [5.74, 6) is 0.750. The van der Waals surface area contributed by atoms with E-state index in [9.17, 15) is 10.1 Å². The maximum absolute atomic E-state index is 11.3. The van der Waals surface area contributed by atoms with Crippen LogP contribution in [0.3, 0.4) is 0 Å². The molecule has 0 radical (unpaired) electrons. The van der Waals surface area contributed by atoms with Crippen molar-refractivity contribution in [2.24, 2.45) is 0 Å². The van der Waals surface area contributed by atoms with Crippen molar-refractivity contribution in [2.75, 3.05) is 23.3 Å². The molecular weight excluding hydrogens is 246 g/mol. The molecule has 0 spiro atoms. The van der Waals surface area contributed by atoms with E-state index in [2.05, 4.69) is 22.2 Å². The molecule has 0 saturated carbocycles. The number of nitrogens with one attached hydrogen (secondary N) is 1. The summed E-state index contributed by atoms with van der Waals surface area (Å²) >= 11 is 0. The Hall–Kier alpha value is -1.92. The first-order valence-electron chi connectivity index (χ1n) is 6.68. The lowest BCUT2D eigenvalue weighted by atomic mass is 10.2. The number of hydrogen-bond acceptors (Lipinski definition) is 6. The lowest BCUT2D eigenvalue weighted by Crippen LogP contribution is -2.30. The second-order valence-electron chi connectivity index (χ2n) is 4.58. The van der Waals surface area contributed by atoms with E-state index in [0.29, 0.717) is 24.2 Å². The summed E-state index contributed by atoms with van der Waals surface area (Å²) in [4.78, 5) is 21.1. The average molecular weight is 265 g/mol. The maximum atomic E-state index is 11.3. The Bertz CT molecular complexity index is 465. The van der Waals surface area contributed by atoms with Gasteiger partial charge in [-0.25, -0.2) is 9.97 Å². The van der Waals surface area contributed by atoms with Gasteiger partial charge in [0.2, 0.25) is 11.6 Å². The van der Waals surface area contributed by atoms with Crippen molar-refractivity contribution in [3.05, 3.63) is 16.4 Å². The number of anilines is 2. The third kappa shape index (κ3) is 2.59. The Morgan fingerprint density at radius 1 is 1.53 bits per heavy atom. The van der Waals surface area contributed by atoms with Crippen LogP contribution in [0.1, 0.15) is 33.1 Å². The van der Waals surface area contributed by atoms with Crippen LogP contribution in [-0.2, 0) is 0 Å². The van der Waals surface area contributed by atoms with Gasteiger partial charge in [0.25, 0.3) is 0 Å². The normalized spacial score (nSPS) is 18.6. The third-order valence-electron chi connectivity index (χ3n) is 3.45. The Morgan fingerprint density at radius 3 is 2.95 bits per heavy atom. The van der Waals surface area contributed by atoms with E-state index in [1.54, 1.807) is 0 Å². The molecule has 1 atom stereocenters. The van der Waals surface area contributed by atoms with Crippen LogP contribution in [0.15, 0.2) is 6.33 Å². The summed E-state index contributed by atoms with van der Waals surface area (Å²) in [6, 6.07) is 0.336. The molecule has 1 aliphatic rings. The van der Waals surface area contributed by atoms with E-state index in [1.807, 2.05) is 11.8 Å². The van der Waals surface area contributed by atoms with Crippen molar-refractivity contribution in [1.82, 2.24) is 9.97 Å². The SMILES string of the molecule is CCNc1ncnc(N2CCCC2CC)c1[N+](=O)[O-]. The van der Waals surface area contributed by atoms with E-state index in [1.165, 1.54) is 6.33 Å². The lowest BCUT2D eigenvalue weighted by molar-refractivity contribution is -0.383. The van der Waals surface area contributed by atoms with Gasteiger partial charge in [-0.15, -0.1) is 0 Å². The zero-order valence-corrected chi connectivity index (χ0v) is 11.3. The van der Waals surface area contributed by atoms with Crippen molar-refractivity contribution >= 4 is 17.3 Å². The van der Waals surface area contributed by atoms with Crippen molar-refractivity contribution in [3.8, 4) is 0 Å². The lowest BCUT2D eigenvalue weighted by Gasteiger charge is -2.24. The van der Waals surface area contributed by atoms with Gasteiger partial charge >= 0.3 is 5.69 Å². The summed E-state index contributed by atoms with van der Waals surface area (Å²) < 4.78 is 0. The molecule has 2 rings (SSSR count). The molecule has 1 fully saturated rings. The highest BCUT2D eigenvalue weighted by Crippen LogP contribution is 2.36. The van der Waals surface area contributed by atoms with Gasteiger partial charge in [-0.1, -0.05) is 6.92 Å². The molecular formula is C12H19N5O2. The molecule has 0 aromatic carbocycles. The molecule has 1 saturated heterocycles. The van der Waals surface area contributed by atoms with Crippen LogP contribution in [0, 0.1) is 10.1 Å². The summed E-state index contributed by atoms with van der Waals surface area (Å²) in [5, 5.41) is 14.3. The molecule has 0 amide bonds. The number of rotatable bonds is 5. The van der Waals surface area contributed by atoms with Gasteiger partial charge in [0.05, 0.1) is 4.92 Å².